The maximum atomic E-state index is 11.8. The number of aryl methyl sites for hydroxylation is 1. The van der Waals surface area contributed by atoms with Crippen LogP contribution in [0.3, 0.4) is 0 Å². The zero-order valence-corrected chi connectivity index (χ0v) is 15.5. The second-order valence-electron chi connectivity index (χ2n) is 5.31. The fraction of sp³-hybridized carbons (Fsp3) is 0.263. The van der Waals surface area contributed by atoms with E-state index in [0.29, 0.717) is 16.5 Å². The Bertz CT molecular complexity index is 702. The van der Waals surface area contributed by atoms with Crippen LogP contribution >= 0.6 is 23.4 Å². The Morgan fingerprint density at radius 1 is 1.08 bits per heavy atom. The maximum Gasteiger partial charge on any atom is 0.307 e. The van der Waals surface area contributed by atoms with Gasteiger partial charge in [0.1, 0.15) is 0 Å². The van der Waals surface area contributed by atoms with Crippen LogP contribution in [0, 0.1) is 0 Å². The number of nitrogens with one attached hydrogen (secondary N) is 1. The third-order valence-corrected chi connectivity index (χ3v) is 4.66. The highest BCUT2D eigenvalue weighted by molar-refractivity contribution is 7.99. The molecule has 2 rings (SSSR count). The number of benzene rings is 2. The van der Waals surface area contributed by atoms with Gasteiger partial charge in [-0.25, -0.2) is 0 Å². The molecule has 0 aliphatic rings. The van der Waals surface area contributed by atoms with Crippen LogP contribution in [0.5, 0.6) is 0 Å². The quantitative estimate of drug-likeness (QED) is 0.541. The summed E-state index contributed by atoms with van der Waals surface area (Å²) in [6.45, 7) is 1.79. The van der Waals surface area contributed by atoms with E-state index in [2.05, 4.69) is 12.2 Å². The summed E-state index contributed by atoms with van der Waals surface area (Å²) in [4.78, 5) is 24.5. The van der Waals surface area contributed by atoms with Crippen molar-refractivity contribution in [3.8, 4) is 0 Å². The minimum absolute atomic E-state index is 0.242. The summed E-state index contributed by atoms with van der Waals surface area (Å²) >= 11 is 7.36. The van der Waals surface area contributed by atoms with Crippen LogP contribution in [0.15, 0.2) is 53.4 Å². The van der Waals surface area contributed by atoms with Crippen molar-refractivity contribution in [3.63, 3.8) is 0 Å². The molecular formula is C19H20ClNO3S. The molecule has 0 fully saturated rings. The number of carbonyl (C=O) groups is 2. The van der Waals surface area contributed by atoms with Crippen molar-refractivity contribution in [2.24, 2.45) is 0 Å². The molecule has 0 atom stereocenters. The van der Waals surface area contributed by atoms with Crippen molar-refractivity contribution in [1.82, 2.24) is 0 Å². The topological polar surface area (TPSA) is 55.4 Å². The van der Waals surface area contributed by atoms with E-state index < -0.39 is 5.97 Å². The fourth-order valence-corrected chi connectivity index (χ4v) is 2.98. The zero-order chi connectivity index (χ0) is 18.1. The molecule has 0 spiro atoms. The molecule has 0 aliphatic carbocycles. The van der Waals surface area contributed by atoms with Gasteiger partial charge in [0.05, 0.1) is 6.42 Å². The van der Waals surface area contributed by atoms with E-state index in [1.165, 1.54) is 17.3 Å². The average molecular weight is 378 g/mol. The molecule has 25 heavy (non-hydrogen) atoms. The monoisotopic (exact) mass is 377 g/mol. The van der Waals surface area contributed by atoms with E-state index in [-0.39, 0.29) is 18.9 Å². The van der Waals surface area contributed by atoms with E-state index >= 15 is 0 Å². The highest BCUT2D eigenvalue weighted by Gasteiger charge is 2.08. The van der Waals surface area contributed by atoms with E-state index in [1.807, 2.05) is 36.4 Å². The summed E-state index contributed by atoms with van der Waals surface area (Å²) in [6, 6.07) is 15.0. The van der Waals surface area contributed by atoms with Gasteiger partial charge in [0.2, 0.25) is 0 Å². The van der Waals surface area contributed by atoms with Crippen molar-refractivity contribution in [3.05, 3.63) is 59.1 Å². The number of ether oxygens (including phenoxy) is 1. The average Bonchev–Trinajstić information content (AvgIpc) is 2.62. The van der Waals surface area contributed by atoms with Crippen LogP contribution in [0.25, 0.3) is 0 Å². The SMILES string of the molecule is CCc1ccc(NC(=O)COC(=O)CCSc2ccc(Cl)cc2)cc1. The van der Waals surface area contributed by atoms with Gasteiger partial charge in [-0.1, -0.05) is 30.7 Å². The predicted octanol–water partition coefficient (Wildman–Crippen LogP) is 4.57. The van der Waals surface area contributed by atoms with Crippen LogP contribution in [0.2, 0.25) is 5.02 Å². The van der Waals surface area contributed by atoms with E-state index in [1.54, 1.807) is 12.1 Å². The molecule has 0 unspecified atom stereocenters. The Labute approximate surface area is 156 Å². The number of hydrogen-bond acceptors (Lipinski definition) is 4. The van der Waals surface area contributed by atoms with Crippen LogP contribution in [0.1, 0.15) is 18.9 Å². The van der Waals surface area contributed by atoms with Crippen molar-refractivity contribution in [2.75, 3.05) is 17.7 Å². The summed E-state index contributed by atoms with van der Waals surface area (Å²) in [5.41, 5.74) is 1.89. The molecular weight excluding hydrogens is 358 g/mol. The molecule has 1 amide bonds. The van der Waals surface area contributed by atoms with Gasteiger partial charge in [0, 0.05) is 21.4 Å². The first kappa shape index (κ1) is 19.3. The summed E-state index contributed by atoms with van der Waals surface area (Å²) in [7, 11) is 0. The van der Waals surface area contributed by atoms with Gasteiger partial charge in [-0.05, 0) is 48.4 Å². The number of esters is 1. The second kappa shape index (κ2) is 10.1. The van der Waals surface area contributed by atoms with Crippen molar-refractivity contribution in [2.45, 2.75) is 24.7 Å². The van der Waals surface area contributed by atoms with Crippen molar-refractivity contribution < 1.29 is 14.3 Å². The number of halogens is 1. The summed E-state index contributed by atoms with van der Waals surface area (Å²) < 4.78 is 4.99. The number of rotatable bonds is 8. The molecule has 2 aromatic carbocycles. The summed E-state index contributed by atoms with van der Waals surface area (Å²) in [6.07, 6.45) is 1.19. The molecule has 0 aromatic heterocycles. The van der Waals surface area contributed by atoms with Gasteiger partial charge in [-0.15, -0.1) is 11.8 Å². The summed E-state index contributed by atoms with van der Waals surface area (Å²) in [5, 5.41) is 3.38. The first-order chi connectivity index (χ1) is 12.1. The molecule has 0 saturated carbocycles. The Balaban J connectivity index is 1.64. The van der Waals surface area contributed by atoms with E-state index in [9.17, 15) is 9.59 Å². The predicted molar refractivity (Wildman–Crippen MR) is 102 cm³/mol. The minimum Gasteiger partial charge on any atom is -0.456 e. The molecule has 0 bridgehead atoms. The molecule has 1 N–H and O–H groups in total. The zero-order valence-electron chi connectivity index (χ0n) is 14.0. The molecule has 4 nitrogen and oxygen atoms in total. The Morgan fingerprint density at radius 2 is 1.76 bits per heavy atom. The van der Waals surface area contributed by atoms with Crippen molar-refractivity contribution in [1.29, 1.82) is 0 Å². The van der Waals surface area contributed by atoms with Gasteiger partial charge in [-0.2, -0.15) is 0 Å². The third-order valence-electron chi connectivity index (χ3n) is 3.40. The first-order valence-electron chi connectivity index (χ1n) is 7.99. The minimum atomic E-state index is -0.391. The van der Waals surface area contributed by atoms with Gasteiger partial charge in [0.15, 0.2) is 6.61 Å². The second-order valence-corrected chi connectivity index (χ2v) is 6.92. The molecule has 0 radical (unpaired) electrons. The largest absolute Gasteiger partial charge is 0.456 e. The van der Waals surface area contributed by atoms with Gasteiger partial charge >= 0.3 is 5.97 Å². The number of thioether (sulfide) groups is 1. The van der Waals surface area contributed by atoms with Crippen LogP contribution in [-0.4, -0.2) is 24.2 Å². The molecule has 0 aliphatic heterocycles. The maximum absolute atomic E-state index is 11.8. The lowest BCUT2D eigenvalue weighted by atomic mass is 10.1. The first-order valence-corrected chi connectivity index (χ1v) is 9.36. The Morgan fingerprint density at radius 3 is 2.40 bits per heavy atom. The van der Waals surface area contributed by atoms with Crippen LogP contribution in [0.4, 0.5) is 5.69 Å². The molecule has 6 heteroatoms. The van der Waals surface area contributed by atoms with Gasteiger partial charge in [0.25, 0.3) is 5.91 Å². The van der Waals surface area contributed by atoms with Gasteiger partial charge in [-0.3, -0.25) is 9.59 Å². The van der Waals surface area contributed by atoms with E-state index in [4.69, 9.17) is 16.3 Å². The Hall–Kier alpha value is -1.98. The smallest absolute Gasteiger partial charge is 0.307 e. The lowest BCUT2D eigenvalue weighted by Gasteiger charge is -2.07. The number of anilines is 1. The Kier molecular flexibility index (Phi) is 7.82. The standard InChI is InChI=1S/C19H20ClNO3S/c1-2-14-3-7-16(8-4-14)21-18(22)13-24-19(23)11-12-25-17-9-5-15(20)6-10-17/h3-10H,2,11-13H2,1H3,(H,21,22). The highest BCUT2D eigenvalue weighted by atomic mass is 35.5. The molecule has 0 saturated heterocycles. The third kappa shape index (κ3) is 7.20. The van der Waals surface area contributed by atoms with Crippen LogP contribution < -0.4 is 5.32 Å². The van der Waals surface area contributed by atoms with Crippen molar-refractivity contribution >= 4 is 40.9 Å². The number of hydrogen-bond donors (Lipinski definition) is 1. The van der Waals surface area contributed by atoms with Crippen LogP contribution in [-0.2, 0) is 20.7 Å². The number of amides is 1. The lowest BCUT2D eigenvalue weighted by Crippen LogP contribution is -2.21. The normalized spacial score (nSPS) is 10.3. The molecule has 132 valence electrons. The molecule has 0 heterocycles. The number of carbonyl (C=O) groups excluding carboxylic acids is 2. The van der Waals surface area contributed by atoms with E-state index in [0.717, 1.165) is 11.3 Å². The fourth-order valence-electron chi connectivity index (χ4n) is 2.02. The summed E-state index contributed by atoms with van der Waals surface area (Å²) in [5.74, 6) is -0.151. The molecule has 2 aromatic rings. The lowest BCUT2D eigenvalue weighted by molar-refractivity contribution is -0.146. The highest BCUT2D eigenvalue weighted by Crippen LogP contribution is 2.21. The van der Waals surface area contributed by atoms with Gasteiger partial charge < -0.3 is 10.1 Å².